The van der Waals surface area contributed by atoms with E-state index in [0.717, 1.165) is 16.7 Å². The van der Waals surface area contributed by atoms with Gasteiger partial charge in [-0.15, -0.1) is 0 Å². The molecule has 4 nitrogen and oxygen atoms in total. The van der Waals surface area contributed by atoms with Crippen molar-refractivity contribution < 1.29 is 14.3 Å². The number of pyridine rings is 1. The Bertz CT molecular complexity index is 893. The van der Waals surface area contributed by atoms with Gasteiger partial charge >= 0.3 is 5.97 Å². The summed E-state index contributed by atoms with van der Waals surface area (Å²) in [7, 11) is 1.60. The van der Waals surface area contributed by atoms with Crippen LogP contribution in [0.3, 0.4) is 0 Å². The molecule has 0 unspecified atom stereocenters. The molecule has 5 heteroatoms. The number of aryl methyl sites for hydroxylation is 1. The van der Waals surface area contributed by atoms with E-state index in [1.165, 1.54) is 6.20 Å². The highest BCUT2D eigenvalue weighted by Gasteiger charge is 2.17. The number of aromatic nitrogens is 1. The highest BCUT2D eigenvalue weighted by molar-refractivity contribution is 6.30. The van der Waals surface area contributed by atoms with E-state index in [1.54, 1.807) is 37.6 Å². The Hall–Kier alpha value is -2.85. The summed E-state index contributed by atoms with van der Waals surface area (Å²) in [5.41, 5.74) is 2.81. The van der Waals surface area contributed by atoms with Crippen LogP contribution in [0, 0.1) is 6.92 Å². The number of hydrogen-bond acceptors (Lipinski definition) is 4. The van der Waals surface area contributed by atoms with Gasteiger partial charge in [-0.3, -0.25) is 4.98 Å². The first kappa shape index (κ1) is 17.0. The number of esters is 1. The van der Waals surface area contributed by atoms with Crippen molar-refractivity contribution in [1.82, 2.24) is 4.98 Å². The van der Waals surface area contributed by atoms with Crippen molar-refractivity contribution in [2.75, 3.05) is 7.11 Å². The first-order chi connectivity index (χ1) is 12.1. The molecule has 1 aromatic heterocycles. The van der Waals surface area contributed by atoms with Crippen LogP contribution < -0.4 is 9.47 Å². The second kappa shape index (κ2) is 7.36. The minimum Gasteiger partial charge on any atom is -0.497 e. The van der Waals surface area contributed by atoms with Crippen LogP contribution in [-0.4, -0.2) is 18.1 Å². The number of halogens is 1. The fourth-order valence-corrected chi connectivity index (χ4v) is 2.60. The molecule has 25 heavy (non-hydrogen) atoms. The number of methoxy groups -OCH3 is 1. The van der Waals surface area contributed by atoms with Gasteiger partial charge in [-0.25, -0.2) is 4.79 Å². The minimum atomic E-state index is -0.461. The average Bonchev–Trinajstić information content (AvgIpc) is 2.64. The number of nitrogens with zero attached hydrogens (tertiary/aromatic N) is 1. The molecular formula is C20H16ClNO3. The minimum absolute atomic E-state index is 0.389. The van der Waals surface area contributed by atoms with Gasteiger partial charge < -0.3 is 9.47 Å². The van der Waals surface area contributed by atoms with Crippen LogP contribution >= 0.6 is 11.6 Å². The lowest BCUT2D eigenvalue weighted by molar-refractivity contribution is 0.0734. The molecule has 3 rings (SSSR count). The molecule has 1 heterocycles. The second-order valence-corrected chi connectivity index (χ2v) is 5.90. The molecule has 0 spiro atoms. The standard InChI is InChI=1S/C20H16ClNO3/c1-13-10-17(24-2)11-18(14-5-7-16(21)8-6-14)19(13)25-20(23)15-4-3-9-22-12-15/h3-12H,1-2H3. The molecule has 0 N–H and O–H groups in total. The van der Waals surface area contributed by atoms with Gasteiger partial charge in [0.05, 0.1) is 12.7 Å². The van der Waals surface area contributed by atoms with Crippen LogP contribution in [0.4, 0.5) is 0 Å². The van der Waals surface area contributed by atoms with Gasteiger partial charge in [-0.1, -0.05) is 23.7 Å². The molecule has 0 aliphatic heterocycles. The third kappa shape index (κ3) is 3.80. The predicted molar refractivity (Wildman–Crippen MR) is 97.4 cm³/mol. The smallest absolute Gasteiger partial charge is 0.345 e. The highest BCUT2D eigenvalue weighted by atomic mass is 35.5. The van der Waals surface area contributed by atoms with Gasteiger partial charge in [0, 0.05) is 23.0 Å². The molecule has 0 atom stereocenters. The quantitative estimate of drug-likeness (QED) is 0.492. The van der Waals surface area contributed by atoms with Gasteiger partial charge in [-0.2, -0.15) is 0 Å². The normalized spacial score (nSPS) is 10.4. The second-order valence-electron chi connectivity index (χ2n) is 5.46. The molecule has 2 aromatic carbocycles. The number of hydrogen-bond donors (Lipinski definition) is 0. The highest BCUT2D eigenvalue weighted by Crippen LogP contribution is 2.37. The van der Waals surface area contributed by atoms with E-state index in [0.29, 0.717) is 22.1 Å². The lowest BCUT2D eigenvalue weighted by Gasteiger charge is -2.15. The van der Waals surface area contributed by atoms with Crippen molar-refractivity contribution in [1.29, 1.82) is 0 Å². The van der Waals surface area contributed by atoms with Gasteiger partial charge in [0.15, 0.2) is 0 Å². The summed E-state index contributed by atoms with van der Waals surface area (Å²) in [6.45, 7) is 1.87. The topological polar surface area (TPSA) is 48.4 Å². The van der Waals surface area contributed by atoms with E-state index >= 15 is 0 Å². The number of benzene rings is 2. The summed E-state index contributed by atoms with van der Waals surface area (Å²) in [5.74, 6) is 0.706. The zero-order valence-corrected chi connectivity index (χ0v) is 14.6. The number of carbonyl (C=O) groups is 1. The Morgan fingerprint density at radius 2 is 1.88 bits per heavy atom. The predicted octanol–water partition coefficient (Wildman–Crippen LogP) is 4.94. The number of carbonyl (C=O) groups excluding carboxylic acids is 1. The number of rotatable bonds is 4. The molecule has 0 fully saturated rings. The summed E-state index contributed by atoms with van der Waals surface area (Å²) in [6.07, 6.45) is 3.08. The monoisotopic (exact) mass is 353 g/mol. The van der Waals surface area contributed by atoms with Gasteiger partial charge in [-0.05, 0) is 54.4 Å². The van der Waals surface area contributed by atoms with Crippen LogP contribution in [0.5, 0.6) is 11.5 Å². The van der Waals surface area contributed by atoms with Gasteiger partial charge in [0.25, 0.3) is 0 Å². The zero-order valence-electron chi connectivity index (χ0n) is 13.8. The Balaban J connectivity index is 2.05. The molecular weight excluding hydrogens is 338 g/mol. The third-order valence-electron chi connectivity index (χ3n) is 3.73. The van der Waals surface area contributed by atoms with E-state index in [2.05, 4.69) is 4.98 Å². The Morgan fingerprint density at radius 1 is 1.12 bits per heavy atom. The molecule has 0 aliphatic carbocycles. The summed E-state index contributed by atoms with van der Waals surface area (Å²) >= 11 is 5.98. The average molecular weight is 354 g/mol. The van der Waals surface area contributed by atoms with E-state index < -0.39 is 5.97 Å². The molecule has 0 radical (unpaired) electrons. The van der Waals surface area contributed by atoms with E-state index in [-0.39, 0.29) is 0 Å². The van der Waals surface area contributed by atoms with Crippen LogP contribution in [0.2, 0.25) is 5.02 Å². The van der Waals surface area contributed by atoms with Gasteiger partial charge in [0.2, 0.25) is 0 Å². The molecule has 126 valence electrons. The van der Waals surface area contributed by atoms with E-state index in [4.69, 9.17) is 21.1 Å². The molecule has 0 amide bonds. The maximum atomic E-state index is 12.4. The molecule has 0 saturated carbocycles. The van der Waals surface area contributed by atoms with Crippen molar-refractivity contribution in [2.45, 2.75) is 6.92 Å². The molecule has 0 bridgehead atoms. The first-order valence-corrected chi connectivity index (χ1v) is 8.03. The van der Waals surface area contributed by atoms with Crippen LogP contribution in [0.15, 0.2) is 60.9 Å². The van der Waals surface area contributed by atoms with Crippen molar-refractivity contribution in [2.24, 2.45) is 0 Å². The van der Waals surface area contributed by atoms with E-state index in [9.17, 15) is 4.79 Å². The lowest BCUT2D eigenvalue weighted by Crippen LogP contribution is -2.10. The van der Waals surface area contributed by atoms with Crippen molar-refractivity contribution >= 4 is 17.6 Å². The number of ether oxygens (including phenoxy) is 2. The zero-order chi connectivity index (χ0) is 17.8. The largest absolute Gasteiger partial charge is 0.497 e. The lowest BCUT2D eigenvalue weighted by atomic mass is 10.0. The molecule has 0 saturated heterocycles. The van der Waals surface area contributed by atoms with Crippen LogP contribution in [0.25, 0.3) is 11.1 Å². The fraction of sp³-hybridized carbons (Fsp3) is 0.100. The third-order valence-corrected chi connectivity index (χ3v) is 3.98. The van der Waals surface area contributed by atoms with Crippen molar-refractivity contribution in [3.05, 3.63) is 77.1 Å². The summed E-state index contributed by atoms with van der Waals surface area (Å²) in [6, 6.07) is 14.3. The van der Waals surface area contributed by atoms with Crippen molar-refractivity contribution in [3.8, 4) is 22.6 Å². The van der Waals surface area contributed by atoms with E-state index in [1.807, 2.05) is 31.2 Å². The Labute approximate surface area is 151 Å². The van der Waals surface area contributed by atoms with Crippen molar-refractivity contribution in [3.63, 3.8) is 0 Å². The molecule has 0 aliphatic rings. The van der Waals surface area contributed by atoms with Gasteiger partial charge in [0.1, 0.15) is 11.5 Å². The maximum Gasteiger partial charge on any atom is 0.345 e. The fourth-order valence-electron chi connectivity index (χ4n) is 2.47. The Kier molecular flexibility index (Phi) is 5.00. The Morgan fingerprint density at radius 3 is 2.52 bits per heavy atom. The van der Waals surface area contributed by atoms with Crippen LogP contribution in [-0.2, 0) is 0 Å². The molecule has 3 aromatic rings. The van der Waals surface area contributed by atoms with Crippen LogP contribution in [0.1, 0.15) is 15.9 Å². The summed E-state index contributed by atoms with van der Waals surface area (Å²) in [4.78, 5) is 16.4. The SMILES string of the molecule is COc1cc(C)c(OC(=O)c2cccnc2)c(-c2ccc(Cl)cc2)c1. The summed E-state index contributed by atoms with van der Waals surface area (Å²) < 4.78 is 11.0. The first-order valence-electron chi connectivity index (χ1n) is 7.65. The summed E-state index contributed by atoms with van der Waals surface area (Å²) in [5, 5.41) is 0.636. The maximum absolute atomic E-state index is 12.4.